The molecule has 8 heavy (non-hydrogen) atoms. The zero-order valence-corrected chi connectivity index (χ0v) is 5.14. The van der Waals surface area contributed by atoms with Gasteiger partial charge in [0.2, 0.25) is 0 Å². The van der Waals surface area contributed by atoms with Crippen molar-refractivity contribution in [3.05, 3.63) is 0 Å². The van der Waals surface area contributed by atoms with Gasteiger partial charge in [0.1, 0.15) is 0 Å². The lowest BCUT2D eigenvalue weighted by molar-refractivity contribution is 0.761. The van der Waals surface area contributed by atoms with Gasteiger partial charge in [0.25, 0.3) is 0 Å². The molecule has 0 spiro atoms. The van der Waals surface area contributed by atoms with Crippen LogP contribution in [0.25, 0.3) is 0 Å². The van der Waals surface area contributed by atoms with Crippen molar-refractivity contribution >= 4 is 13.4 Å². The highest BCUT2D eigenvalue weighted by Gasteiger charge is 1.80. The molecule has 0 aliphatic carbocycles. The normalized spacial score (nSPS) is 8.50. The summed E-state index contributed by atoms with van der Waals surface area (Å²) < 4.78 is 0. The molecule has 0 aliphatic rings. The predicted octanol–water partition coefficient (Wildman–Crippen LogP) is 1.17. The van der Waals surface area contributed by atoms with Gasteiger partial charge >= 0.3 is 0 Å². The van der Waals surface area contributed by atoms with Crippen LogP contribution in [-0.4, -0.2) is 26.5 Å². The SMILES string of the molecule is C=NCCCCN=C. The third-order valence-electron chi connectivity index (χ3n) is 0.882. The first kappa shape index (κ1) is 7.34. The maximum atomic E-state index is 3.70. The number of unbranched alkanes of at least 4 members (excludes halogenated alkanes) is 1. The summed E-state index contributed by atoms with van der Waals surface area (Å²) in [4.78, 5) is 7.39. The lowest BCUT2D eigenvalue weighted by Crippen LogP contribution is -1.83. The summed E-state index contributed by atoms with van der Waals surface area (Å²) in [6, 6.07) is 0. The van der Waals surface area contributed by atoms with Crippen LogP contribution in [0.1, 0.15) is 12.8 Å². The van der Waals surface area contributed by atoms with E-state index in [0.29, 0.717) is 0 Å². The van der Waals surface area contributed by atoms with Crippen LogP contribution >= 0.6 is 0 Å². The molecule has 0 aromatic carbocycles. The van der Waals surface area contributed by atoms with Crippen LogP contribution in [0, 0.1) is 0 Å². The summed E-state index contributed by atoms with van der Waals surface area (Å²) in [5.41, 5.74) is 0. The molecule has 0 radical (unpaired) electrons. The Labute approximate surface area is 50.4 Å². The van der Waals surface area contributed by atoms with Crippen LogP contribution in [0.5, 0.6) is 0 Å². The largest absolute Gasteiger partial charge is 0.301 e. The lowest BCUT2D eigenvalue weighted by atomic mass is 10.3. The zero-order chi connectivity index (χ0) is 6.24. The minimum atomic E-state index is 0.857. The molecule has 0 bridgehead atoms. The van der Waals surface area contributed by atoms with Crippen molar-refractivity contribution in [2.45, 2.75) is 12.8 Å². The molecule has 0 saturated carbocycles. The van der Waals surface area contributed by atoms with Gasteiger partial charge in [0.05, 0.1) is 0 Å². The van der Waals surface area contributed by atoms with Crippen molar-refractivity contribution < 1.29 is 0 Å². The van der Waals surface area contributed by atoms with E-state index < -0.39 is 0 Å². The molecule has 2 nitrogen and oxygen atoms in total. The smallest absolute Gasteiger partial charge is 0.0382 e. The van der Waals surface area contributed by atoms with E-state index in [-0.39, 0.29) is 0 Å². The fourth-order valence-electron chi connectivity index (χ4n) is 0.447. The van der Waals surface area contributed by atoms with Gasteiger partial charge in [-0.3, -0.25) is 0 Å². The van der Waals surface area contributed by atoms with E-state index in [2.05, 4.69) is 23.4 Å². The Balaban J connectivity index is 2.71. The molecule has 0 N–H and O–H groups in total. The molecule has 0 aliphatic heterocycles. The third-order valence-corrected chi connectivity index (χ3v) is 0.882. The van der Waals surface area contributed by atoms with Crippen molar-refractivity contribution in [2.75, 3.05) is 13.1 Å². The highest BCUT2D eigenvalue weighted by atomic mass is 14.7. The Kier molecular flexibility index (Phi) is 5.82. The topological polar surface area (TPSA) is 24.7 Å². The first-order valence-corrected chi connectivity index (χ1v) is 2.76. The van der Waals surface area contributed by atoms with E-state index in [0.717, 1.165) is 25.9 Å². The van der Waals surface area contributed by atoms with Crippen LogP contribution < -0.4 is 0 Å². The van der Waals surface area contributed by atoms with Crippen LogP contribution in [0.4, 0.5) is 0 Å². The third kappa shape index (κ3) is 5.34. The molecule has 0 fully saturated rings. The van der Waals surface area contributed by atoms with Gasteiger partial charge in [-0.1, -0.05) is 0 Å². The summed E-state index contributed by atoms with van der Waals surface area (Å²) in [7, 11) is 0. The number of rotatable bonds is 5. The Bertz CT molecular complexity index is 58.9. The summed E-state index contributed by atoms with van der Waals surface area (Å²) >= 11 is 0. The van der Waals surface area contributed by atoms with Crippen molar-refractivity contribution in [3.8, 4) is 0 Å². The molecule has 0 unspecified atom stereocenters. The molecule has 0 atom stereocenters. The van der Waals surface area contributed by atoms with Gasteiger partial charge in [-0.2, -0.15) is 0 Å². The molecular weight excluding hydrogens is 100 g/mol. The molecule has 0 amide bonds. The van der Waals surface area contributed by atoms with Crippen molar-refractivity contribution in [1.82, 2.24) is 0 Å². The Morgan fingerprint density at radius 1 is 0.875 bits per heavy atom. The van der Waals surface area contributed by atoms with Gasteiger partial charge in [-0.15, -0.1) is 0 Å². The summed E-state index contributed by atoms with van der Waals surface area (Å²) in [6.45, 7) is 8.44. The van der Waals surface area contributed by atoms with Gasteiger partial charge in [-0.05, 0) is 26.3 Å². The number of aliphatic imine (C=N–C) groups is 2. The Hall–Kier alpha value is -0.660. The first-order valence-electron chi connectivity index (χ1n) is 2.76. The predicted molar refractivity (Wildman–Crippen MR) is 38.1 cm³/mol. The van der Waals surface area contributed by atoms with Crippen molar-refractivity contribution in [1.29, 1.82) is 0 Å². The van der Waals surface area contributed by atoms with Crippen molar-refractivity contribution in [2.24, 2.45) is 9.98 Å². The summed E-state index contributed by atoms with van der Waals surface area (Å²) in [5.74, 6) is 0. The maximum absolute atomic E-state index is 3.70. The minimum absolute atomic E-state index is 0.857. The fourth-order valence-corrected chi connectivity index (χ4v) is 0.447. The van der Waals surface area contributed by atoms with Crippen LogP contribution in [0.2, 0.25) is 0 Å². The quantitative estimate of drug-likeness (QED) is 0.377. The second kappa shape index (κ2) is 6.34. The Morgan fingerprint density at radius 2 is 1.25 bits per heavy atom. The van der Waals surface area contributed by atoms with Gasteiger partial charge < -0.3 is 9.98 Å². The maximum Gasteiger partial charge on any atom is 0.0382 e. The average molecular weight is 112 g/mol. The monoisotopic (exact) mass is 112 g/mol. The highest BCUT2D eigenvalue weighted by molar-refractivity contribution is 5.23. The second-order valence-corrected chi connectivity index (χ2v) is 1.60. The van der Waals surface area contributed by atoms with Crippen LogP contribution in [0.15, 0.2) is 9.98 Å². The second-order valence-electron chi connectivity index (χ2n) is 1.60. The lowest BCUT2D eigenvalue weighted by Gasteiger charge is -1.89. The number of hydrogen-bond acceptors (Lipinski definition) is 2. The number of nitrogens with zero attached hydrogens (tertiary/aromatic N) is 2. The van der Waals surface area contributed by atoms with E-state index >= 15 is 0 Å². The summed E-state index contributed by atoms with van der Waals surface area (Å²) in [5, 5.41) is 0. The minimum Gasteiger partial charge on any atom is -0.301 e. The van der Waals surface area contributed by atoms with Gasteiger partial charge in [0, 0.05) is 13.1 Å². The molecule has 0 aromatic rings. The van der Waals surface area contributed by atoms with Crippen LogP contribution in [-0.2, 0) is 0 Å². The molecule has 0 aromatic heterocycles. The number of hydrogen-bond donors (Lipinski definition) is 0. The van der Waals surface area contributed by atoms with Crippen molar-refractivity contribution in [3.63, 3.8) is 0 Å². The van der Waals surface area contributed by atoms with E-state index in [1.807, 2.05) is 0 Å². The molecule has 0 rings (SSSR count). The molecule has 0 heterocycles. The highest BCUT2D eigenvalue weighted by Crippen LogP contribution is 1.87. The molecular formula is C6H12N2. The van der Waals surface area contributed by atoms with E-state index in [9.17, 15) is 0 Å². The first-order chi connectivity index (χ1) is 3.91. The summed E-state index contributed by atoms with van der Waals surface area (Å²) in [6.07, 6.45) is 2.17. The van der Waals surface area contributed by atoms with E-state index in [1.165, 1.54) is 0 Å². The average Bonchev–Trinajstić information content (AvgIpc) is 1.81. The van der Waals surface area contributed by atoms with E-state index in [1.54, 1.807) is 0 Å². The van der Waals surface area contributed by atoms with Crippen LogP contribution in [0.3, 0.4) is 0 Å². The van der Waals surface area contributed by atoms with Gasteiger partial charge in [0.15, 0.2) is 0 Å². The zero-order valence-electron chi connectivity index (χ0n) is 5.14. The fraction of sp³-hybridized carbons (Fsp3) is 0.667. The van der Waals surface area contributed by atoms with E-state index in [4.69, 9.17) is 0 Å². The molecule has 46 valence electrons. The standard InChI is InChI=1S/C6H12N2/c1-7-5-3-4-6-8-2/h1-6H2. The Morgan fingerprint density at radius 3 is 1.50 bits per heavy atom. The molecule has 2 heteroatoms. The molecule has 0 saturated heterocycles. The van der Waals surface area contributed by atoms with Gasteiger partial charge in [-0.25, -0.2) is 0 Å².